The standard InChI is InChI=1S/C24H26N4O4S/c1-2-32-20-11-7-6-10-19(20)28(17-22(30)26-16-18-8-4-3-5-9-18)23(31)13-12-21(29)27-24-25-14-15-33-24/h3-11,14-15H,2,12-13,16-17H2,1H3,(H,26,30)(H,25,27,29). The van der Waals surface area contributed by atoms with Crippen molar-refractivity contribution < 1.29 is 19.1 Å². The lowest BCUT2D eigenvalue weighted by atomic mass is 10.2. The van der Waals surface area contributed by atoms with Crippen molar-refractivity contribution in [2.75, 3.05) is 23.4 Å². The molecule has 0 radical (unpaired) electrons. The molecule has 3 amide bonds. The van der Waals surface area contributed by atoms with Crippen molar-refractivity contribution in [2.24, 2.45) is 0 Å². The van der Waals surface area contributed by atoms with Gasteiger partial charge in [-0.25, -0.2) is 4.98 Å². The van der Waals surface area contributed by atoms with E-state index >= 15 is 0 Å². The van der Waals surface area contributed by atoms with Gasteiger partial charge in [-0.2, -0.15) is 0 Å². The molecule has 3 rings (SSSR count). The molecule has 2 N–H and O–H groups in total. The summed E-state index contributed by atoms with van der Waals surface area (Å²) in [7, 11) is 0. The minimum atomic E-state index is -0.355. The third-order valence-corrected chi connectivity index (χ3v) is 5.32. The fraction of sp³-hybridized carbons (Fsp3) is 0.250. The molecule has 0 fully saturated rings. The van der Waals surface area contributed by atoms with E-state index in [9.17, 15) is 14.4 Å². The molecular weight excluding hydrogens is 440 g/mol. The molecule has 0 aliphatic carbocycles. The first kappa shape index (κ1) is 23.9. The average molecular weight is 467 g/mol. The summed E-state index contributed by atoms with van der Waals surface area (Å²) in [5.74, 6) is -0.488. The number of thiazole rings is 1. The van der Waals surface area contributed by atoms with E-state index < -0.39 is 0 Å². The van der Waals surface area contributed by atoms with Crippen LogP contribution < -0.4 is 20.3 Å². The van der Waals surface area contributed by atoms with Gasteiger partial charge in [0.15, 0.2) is 5.13 Å². The number of amides is 3. The Kier molecular flexibility index (Phi) is 8.96. The molecule has 0 aliphatic heterocycles. The molecule has 0 atom stereocenters. The Morgan fingerprint density at radius 3 is 2.48 bits per heavy atom. The maximum absolute atomic E-state index is 13.1. The van der Waals surface area contributed by atoms with E-state index in [1.54, 1.807) is 35.8 Å². The second-order valence-electron chi connectivity index (χ2n) is 7.03. The van der Waals surface area contributed by atoms with Crippen LogP contribution in [-0.4, -0.2) is 35.9 Å². The van der Waals surface area contributed by atoms with Crippen LogP contribution >= 0.6 is 11.3 Å². The molecule has 0 aliphatic rings. The van der Waals surface area contributed by atoms with E-state index in [1.807, 2.05) is 37.3 Å². The van der Waals surface area contributed by atoms with Crippen LogP contribution in [-0.2, 0) is 20.9 Å². The van der Waals surface area contributed by atoms with E-state index in [-0.39, 0.29) is 37.1 Å². The molecule has 2 aromatic carbocycles. The highest BCUT2D eigenvalue weighted by Gasteiger charge is 2.23. The predicted molar refractivity (Wildman–Crippen MR) is 128 cm³/mol. The van der Waals surface area contributed by atoms with E-state index in [1.165, 1.54) is 16.2 Å². The number of rotatable bonds is 11. The van der Waals surface area contributed by atoms with Crippen LogP contribution in [0.4, 0.5) is 10.8 Å². The highest BCUT2D eigenvalue weighted by atomic mass is 32.1. The van der Waals surface area contributed by atoms with Gasteiger partial charge >= 0.3 is 0 Å². The molecule has 0 spiro atoms. The average Bonchev–Trinajstić information content (AvgIpc) is 3.34. The largest absolute Gasteiger partial charge is 0.492 e. The maximum Gasteiger partial charge on any atom is 0.240 e. The van der Waals surface area contributed by atoms with Crippen molar-refractivity contribution in [3.05, 3.63) is 71.7 Å². The van der Waals surface area contributed by atoms with Gasteiger partial charge in [-0.1, -0.05) is 42.5 Å². The monoisotopic (exact) mass is 466 g/mol. The number of nitrogens with one attached hydrogen (secondary N) is 2. The van der Waals surface area contributed by atoms with Crippen molar-refractivity contribution >= 4 is 39.9 Å². The van der Waals surface area contributed by atoms with Crippen molar-refractivity contribution in [1.29, 1.82) is 0 Å². The van der Waals surface area contributed by atoms with Crippen molar-refractivity contribution in [2.45, 2.75) is 26.3 Å². The normalized spacial score (nSPS) is 10.3. The zero-order chi connectivity index (χ0) is 23.5. The Labute approximate surface area is 196 Å². The third-order valence-electron chi connectivity index (χ3n) is 4.64. The summed E-state index contributed by atoms with van der Waals surface area (Å²) in [5.41, 5.74) is 1.44. The van der Waals surface area contributed by atoms with Crippen LogP contribution in [0.2, 0.25) is 0 Å². The van der Waals surface area contributed by atoms with Crippen molar-refractivity contribution in [3.63, 3.8) is 0 Å². The van der Waals surface area contributed by atoms with Crippen molar-refractivity contribution in [1.82, 2.24) is 10.3 Å². The summed E-state index contributed by atoms with van der Waals surface area (Å²) in [6, 6.07) is 16.6. The molecule has 9 heteroatoms. The molecule has 172 valence electrons. The van der Waals surface area contributed by atoms with Gasteiger partial charge in [-0.05, 0) is 24.6 Å². The summed E-state index contributed by atoms with van der Waals surface area (Å²) in [6.07, 6.45) is 1.49. The highest BCUT2D eigenvalue weighted by Crippen LogP contribution is 2.28. The minimum absolute atomic E-state index is 0.0304. The van der Waals surface area contributed by atoms with E-state index in [0.717, 1.165) is 5.56 Å². The summed E-state index contributed by atoms with van der Waals surface area (Å²) in [6.45, 7) is 2.42. The number of carbonyl (C=O) groups is 3. The van der Waals surface area contributed by atoms with Gasteiger partial charge in [-0.15, -0.1) is 11.3 Å². The van der Waals surface area contributed by atoms with Crippen LogP contribution in [0, 0.1) is 0 Å². The molecule has 0 saturated heterocycles. The number of para-hydroxylation sites is 2. The Morgan fingerprint density at radius 2 is 1.76 bits per heavy atom. The number of aromatic nitrogens is 1. The number of nitrogens with zero attached hydrogens (tertiary/aromatic N) is 2. The van der Waals surface area contributed by atoms with E-state index in [2.05, 4.69) is 15.6 Å². The number of ether oxygens (including phenoxy) is 1. The minimum Gasteiger partial charge on any atom is -0.492 e. The smallest absolute Gasteiger partial charge is 0.240 e. The van der Waals surface area contributed by atoms with Crippen LogP contribution in [0.25, 0.3) is 0 Å². The zero-order valence-corrected chi connectivity index (χ0v) is 19.1. The summed E-state index contributed by atoms with van der Waals surface area (Å²) in [4.78, 5) is 43.4. The molecule has 8 nitrogen and oxygen atoms in total. The third kappa shape index (κ3) is 7.43. The second-order valence-corrected chi connectivity index (χ2v) is 7.92. The topological polar surface area (TPSA) is 101 Å². The van der Waals surface area contributed by atoms with Gasteiger partial charge in [0.2, 0.25) is 17.7 Å². The Balaban J connectivity index is 1.68. The summed E-state index contributed by atoms with van der Waals surface area (Å²) < 4.78 is 5.66. The molecule has 1 heterocycles. The quantitative estimate of drug-likeness (QED) is 0.450. The van der Waals surface area contributed by atoms with Gasteiger partial charge in [-0.3, -0.25) is 19.3 Å². The Hall–Kier alpha value is -3.72. The summed E-state index contributed by atoms with van der Waals surface area (Å²) >= 11 is 1.30. The van der Waals surface area contributed by atoms with Gasteiger partial charge in [0.05, 0.1) is 12.3 Å². The van der Waals surface area contributed by atoms with E-state index in [4.69, 9.17) is 4.74 Å². The lowest BCUT2D eigenvalue weighted by molar-refractivity contribution is -0.125. The fourth-order valence-electron chi connectivity index (χ4n) is 3.08. The molecular formula is C24H26N4O4S. The maximum atomic E-state index is 13.1. The van der Waals surface area contributed by atoms with Crippen LogP contribution in [0.5, 0.6) is 5.75 Å². The summed E-state index contributed by atoms with van der Waals surface area (Å²) in [5, 5.41) is 7.73. The van der Waals surface area contributed by atoms with Crippen LogP contribution in [0.1, 0.15) is 25.3 Å². The van der Waals surface area contributed by atoms with Crippen LogP contribution in [0.3, 0.4) is 0 Å². The van der Waals surface area contributed by atoms with Crippen molar-refractivity contribution in [3.8, 4) is 5.75 Å². The number of benzene rings is 2. The molecule has 1 aromatic heterocycles. The number of anilines is 2. The first-order valence-corrected chi connectivity index (χ1v) is 11.5. The SMILES string of the molecule is CCOc1ccccc1N(CC(=O)NCc1ccccc1)C(=O)CCC(=O)Nc1nccs1. The van der Waals surface area contributed by atoms with Gasteiger partial charge in [0.25, 0.3) is 0 Å². The Morgan fingerprint density at radius 1 is 1.00 bits per heavy atom. The number of hydrogen-bond donors (Lipinski definition) is 2. The predicted octanol–water partition coefficient (Wildman–Crippen LogP) is 3.61. The lowest BCUT2D eigenvalue weighted by Crippen LogP contribution is -2.41. The van der Waals surface area contributed by atoms with Gasteiger partial charge < -0.3 is 15.4 Å². The molecule has 0 bridgehead atoms. The molecule has 0 saturated carbocycles. The first-order chi connectivity index (χ1) is 16.1. The van der Waals surface area contributed by atoms with Gasteiger partial charge in [0, 0.05) is 31.0 Å². The first-order valence-electron chi connectivity index (χ1n) is 10.6. The van der Waals surface area contributed by atoms with Crippen LogP contribution in [0.15, 0.2) is 66.2 Å². The second kappa shape index (κ2) is 12.4. The molecule has 3 aromatic rings. The van der Waals surface area contributed by atoms with Gasteiger partial charge in [0.1, 0.15) is 12.3 Å². The number of hydrogen-bond acceptors (Lipinski definition) is 6. The number of carbonyl (C=O) groups excluding carboxylic acids is 3. The molecule has 33 heavy (non-hydrogen) atoms. The highest BCUT2D eigenvalue weighted by molar-refractivity contribution is 7.13. The fourth-order valence-corrected chi connectivity index (χ4v) is 3.63. The van der Waals surface area contributed by atoms with E-state index in [0.29, 0.717) is 29.7 Å². The lowest BCUT2D eigenvalue weighted by Gasteiger charge is -2.24. The molecule has 0 unspecified atom stereocenters. The Bertz CT molecular complexity index is 1060. The zero-order valence-electron chi connectivity index (χ0n) is 18.3.